The molecule has 6 heteroatoms. The molecule has 106 valence electrons. The molecule has 0 aliphatic heterocycles. The van der Waals surface area contributed by atoms with E-state index < -0.39 is 5.97 Å². The molecule has 1 unspecified atom stereocenters. The van der Waals surface area contributed by atoms with E-state index in [9.17, 15) is 9.59 Å². The summed E-state index contributed by atoms with van der Waals surface area (Å²) in [5, 5.41) is 15.6. The summed E-state index contributed by atoms with van der Waals surface area (Å²) in [7, 11) is 0. The Morgan fingerprint density at radius 3 is 2.79 bits per heavy atom. The van der Waals surface area contributed by atoms with Crippen molar-refractivity contribution in [3.63, 3.8) is 0 Å². The first-order valence-corrected chi connectivity index (χ1v) is 6.51. The molecule has 0 aromatic carbocycles. The number of aryl methyl sites for hydroxylation is 2. The van der Waals surface area contributed by atoms with E-state index in [-0.39, 0.29) is 18.4 Å². The zero-order valence-electron chi connectivity index (χ0n) is 11.6. The summed E-state index contributed by atoms with van der Waals surface area (Å²) < 4.78 is 1.66. The van der Waals surface area contributed by atoms with Crippen LogP contribution in [0.1, 0.15) is 49.3 Å². The predicted molar refractivity (Wildman–Crippen MR) is 71.1 cm³/mol. The summed E-state index contributed by atoms with van der Waals surface area (Å²) in [6.07, 6.45) is 1.34. The Kier molecular flexibility index (Phi) is 5.54. The fourth-order valence-electron chi connectivity index (χ4n) is 1.90. The van der Waals surface area contributed by atoms with Crippen LogP contribution in [-0.2, 0) is 11.3 Å². The third kappa shape index (κ3) is 4.73. The van der Waals surface area contributed by atoms with Crippen LogP contribution < -0.4 is 5.32 Å². The minimum absolute atomic E-state index is 0.0487. The van der Waals surface area contributed by atoms with Crippen LogP contribution in [0.2, 0.25) is 0 Å². The van der Waals surface area contributed by atoms with Crippen LogP contribution in [0.5, 0.6) is 0 Å². The van der Waals surface area contributed by atoms with Crippen LogP contribution in [-0.4, -0.2) is 32.8 Å². The third-order valence-electron chi connectivity index (χ3n) is 2.84. The maximum atomic E-state index is 12.1. The summed E-state index contributed by atoms with van der Waals surface area (Å²) in [6.45, 7) is 6.29. The Bertz CT molecular complexity index is 454. The number of aromatic nitrogens is 2. The zero-order chi connectivity index (χ0) is 14.4. The number of carbonyl (C=O) groups excluding carboxylic acids is 1. The number of carboxylic acids is 1. The van der Waals surface area contributed by atoms with E-state index in [1.54, 1.807) is 10.7 Å². The van der Waals surface area contributed by atoms with Gasteiger partial charge in [-0.15, -0.1) is 0 Å². The van der Waals surface area contributed by atoms with Crippen molar-refractivity contribution in [2.24, 2.45) is 0 Å². The third-order valence-corrected chi connectivity index (χ3v) is 2.84. The number of amides is 1. The molecule has 19 heavy (non-hydrogen) atoms. The average Bonchev–Trinajstić information content (AvgIpc) is 2.70. The largest absolute Gasteiger partial charge is 0.481 e. The van der Waals surface area contributed by atoms with Gasteiger partial charge in [-0.3, -0.25) is 14.3 Å². The summed E-state index contributed by atoms with van der Waals surface area (Å²) in [5.74, 6) is -0.969. The van der Waals surface area contributed by atoms with Crippen molar-refractivity contribution in [2.75, 3.05) is 0 Å². The predicted octanol–water partition coefficient (Wildman–Crippen LogP) is 1.58. The second-order valence-electron chi connectivity index (χ2n) is 4.65. The van der Waals surface area contributed by atoms with Gasteiger partial charge in [0.15, 0.2) is 0 Å². The Hall–Kier alpha value is -1.85. The lowest BCUT2D eigenvalue weighted by atomic mass is 10.1. The number of hydrogen-bond donors (Lipinski definition) is 2. The molecule has 0 radical (unpaired) electrons. The molecule has 1 atom stereocenters. The molecular formula is C13H21N3O3. The number of nitrogens with zero attached hydrogens (tertiary/aromatic N) is 2. The maximum Gasteiger partial charge on any atom is 0.303 e. The topological polar surface area (TPSA) is 84.2 Å². The lowest BCUT2D eigenvalue weighted by Crippen LogP contribution is -2.34. The number of aliphatic carboxylic acids is 1. The van der Waals surface area contributed by atoms with Gasteiger partial charge in [0.05, 0.1) is 5.69 Å². The van der Waals surface area contributed by atoms with E-state index in [0.717, 1.165) is 5.69 Å². The molecule has 1 aromatic rings. The second kappa shape index (κ2) is 6.92. The second-order valence-corrected chi connectivity index (χ2v) is 4.65. The highest BCUT2D eigenvalue weighted by Gasteiger charge is 2.15. The molecular weight excluding hydrogens is 246 g/mol. The first kappa shape index (κ1) is 15.2. The molecule has 0 aliphatic rings. The monoisotopic (exact) mass is 267 g/mol. The smallest absolute Gasteiger partial charge is 0.303 e. The minimum Gasteiger partial charge on any atom is -0.481 e. The van der Waals surface area contributed by atoms with Crippen molar-refractivity contribution in [2.45, 2.75) is 52.6 Å². The van der Waals surface area contributed by atoms with Crippen LogP contribution >= 0.6 is 0 Å². The molecule has 0 spiro atoms. The number of carboxylic acid groups (broad SMARTS) is 1. The first-order chi connectivity index (χ1) is 8.93. The molecule has 1 rings (SSSR count). The number of hydrogen-bond acceptors (Lipinski definition) is 3. The minimum atomic E-state index is -0.807. The summed E-state index contributed by atoms with van der Waals surface area (Å²) in [5.41, 5.74) is 1.36. The van der Waals surface area contributed by atoms with Gasteiger partial charge in [0.2, 0.25) is 0 Å². The Labute approximate surface area is 112 Å². The average molecular weight is 267 g/mol. The molecule has 1 amide bonds. The van der Waals surface area contributed by atoms with Crippen LogP contribution in [0.15, 0.2) is 6.07 Å². The molecule has 6 nitrogen and oxygen atoms in total. The van der Waals surface area contributed by atoms with E-state index in [1.807, 2.05) is 20.8 Å². The van der Waals surface area contributed by atoms with Crippen molar-refractivity contribution < 1.29 is 14.7 Å². The van der Waals surface area contributed by atoms with Crippen LogP contribution in [0.4, 0.5) is 0 Å². The zero-order valence-corrected chi connectivity index (χ0v) is 11.6. The molecule has 0 fully saturated rings. The van der Waals surface area contributed by atoms with Crippen LogP contribution in [0, 0.1) is 6.92 Å². The van der Waals surface area contributed by atoms with E-state index in [0.29, 0.717) is 25.1 Å². The lowest BCUT2D eigenvalue weighted by molar-refractivity contribution is -0.137. The highest BCUT2D eigenvalue weighted by atomic mass is 16.4. The Morgan fingerprint density at radius 1 is 1.53 bits per heavy atom. The molecule has 0 aliphatic carbocycles. The van der Waals surface area contributed by atoms with Gasteiger partial charge in [0, 0.05) is 19.0 Å². The summed E-state index contributed by atoms with van der Waals surface area (Å²) >= 11 is 0. The van der Waals surface area contributed by atoms with Gasteiger partial charge in [-0.25, -0.2) is 0 Å². The maximum absolute atomic E-state index is 12.1. The number of rotatable bonds is 7. The Balaban J connectivity index is 2.51. The quantitative estimate of drug-likeness (QED) is 0.785. The van der Waals surface area contributed by atoms with E-state index in [1.165, 1.54) is 0 Å². The lowest BCUT2D eigenvalue weighted by Gasteiger charge is -2.13. The van der Waals surface area contributed by atoms with Gasteiger partial charge in [-0.1, -0.05) is 0 Å². The van der Waals surface area contributed by atoms with E-state index in [4.69, 9.17) is 5.11 Å². The molecule has 0 saturated carbocycles. The number of nitrogens with one attached hydrogen (secondary N) is 1. The summed E-state index contributed by atoms with van der Waals surface area (Å²) in [4.78, 5) is 22.5. The first-order valence-electron chi connectivity index (χ1n) is 6.51. The Morgan fingerprint density at radius 2 is 2.21 bits per heavy atom. The van der Waals surface area contributed by atoms with Gasteiger partial charge >= 0.3 is 5.97 Å². The fourth-order valence-corrected chi connectivity index (χ4v) is 1.90. The van der Waals surface area contributed by atoms with Gasteiger partial charge in [-0.05, 0) is 39.7 Å². The summed E-state index contributed by atoms with van der Waals surface area (Å²) in [6, 6.07) is 1.70. The number of carbonyl (C=O) groups is 2. The van der Waals surface area contributed by atoms with Crippen LogP contribution in [0.25, 0.3) is 0 Å². The van der Waals surface area contributed by atoms with Gasteiger partial charge in [-0.2, -0.15) is 5.10 Å². The van der Waals surface area contributed by atoms with Gasteiger partial charge in [0.25, 0.3) is 5.91 Å². The van der Waals surface area contributed by atoms with Crippen molar-refractivity contribution in [3.05, 3.63) is 17.5 Å². The SMILES string of the molecule is CCn1nc(C)cc1C(=O)NC(C)CCCC(=O)O. The van der Waals surface area contributed by atoms with Crippen LogP contribution in [0.3, 0.4) is 0 Å². The molecule has 1 aromatic heterocycles. The van der Waals surface area contributed by atoms with E-state index >= 15 is 0 Å². The fraction of sp³-hybridized carbons (Fsp3) is 0.615. The molecule has 1 heterocycles. The van der Waals surface area contributed by atoms with Crippen molar-refractivity contribution in [1.29, 1.82) is 0 Å². The normalized spacial score (nSPS) is 12.2. The molecule has 2 N–H and O–H groups in total. The van der Waals surface area contributed by atoms with Crippen molar-refractivity contribution >= 4 is 11.9 Å². The molecule has 0 saturated heterocycles. The van der Waals surface area contributed by atoms with Gasteiger partial charge < -0.3 is 10.4 Å². The van der Waals surface area contributed by atoms with Crippen molar-refractivity contribution in [3.8, 4) is 0 Å². The standard InChI is InChI=1S/C13H21N3O3/c1-4-16-11(8-10(3)15-16)13(19)14-9(2)6-5-7-12(17)18/h8-9H,4-7H2,1-3H3,(H,14,19)(H,17,18). The van der Waals surface area contributed by atoms with Gasteiger partial charge in [0.1, 0.15) is 5.69 Å². The van der Waals surface area contributed by atoms with E-state index in [2.05, 4.69) is 10.4 Å². The van der Waals surface area contributed by atoms with Crippen molar-refractivity contribution in [1.82, 2.24) is 15.1 Å². The molecule has 0 bridgehead atoms. The highest BCUT2D eigenvalue weighted by molar-refractivity contribution is 5.92. The highest BCUT2D eigenvalue weighted by Crippen LogP contribution is 2.06.